The largest absolute Gasteiger partial charge is 0.274 e. The number of hydrogen-bond donors (Lipinski definition) is 0. The van der Waals surface area contributed by atoms with Crippen molar-refractivity contribution in [3.63, 3.8) is 0 Å². The summed E-state index contributed by atoms with van der Waals surface area (Å²) in [5.74, 6) is -2.14. The first-order valence-corrected chi connectivity index (χ1v) is 37.4. The average molecular weight is 1440 g/mol. The second kappa shape index (κ2) is 27.6. The third-order valence-electron chi connectivity index (χ3n) is 21.9. The van der Waals surface area contributed by atoms with Gasteiger partial charge in [-0.1, -0.05) is 214 Å². The Hall–Kier alpha value is -6.90. The second-order valence-electron chi connectivity index (χ2n) is 27.6. The summed E-state index contributed by atoms with van der Waals surface area (Å²) in [5, 5.41) is 10.9. The number of carbonyl (C=O) groups is 8. The van der Waals surface area contributed by atoms with Gasteiger partial charge >= 0.3 is 0 Å². The average Bonchev–Trinajstić information content (AvgIpc) is 0.688. The SMILES string of the molecule is CCCCC(CC)CN1C(=O)c2cc(Cl)c3c4c(Cl)cc5c6c(cc(Cl)c(c7c(Cl)cc(c2c37)C1=O)c64)C(=O)N(CC(CC)CCCC)C5=O.CCCCC(CC)CN1C(=O)c2ccc3c4c(Cl)cc5c6c(cc(Cl)c(c7ccc(c2c37)C1=O)c64)C(=O)N(CC(CC)CCCC)C5=O. The van der Waals surface area contributed by atoms with Gasteiger partial charge in [0.1, 0.15) is 0 Å². The summed E-state index contributed by atoms with van der Waals surface area (Å²) in [7, 11) is 0. The van der Waals surface area contributed by atoms with Crippen LogP contribution in [0.4, 0.5) is 0 Å². The Morgan fingerprint density at radius 1 is 0.255 bits per heavy atom. The molecule has 0 saturated heterocycles. The molecule has 0 N–H and O–H groups in total. The highest BCUT2D eigenvalue weighted by molar-refractivity contribution is 6.57. The first-order valence-electron chi connectivity index (χ1n) is 35.2. The van der Waals surface area contributed by atoms with Crippen molar-refractivity contribution in [1.29, 1.82) is 0 Å². The number of benzene rings is 10. The maximum atomic E-state index is 14.2. The number of carbonyl (C=O) groups excluding carboxylic acids is 8. The van der Waals surface area contributed by atoms with E-state index in [1.165, 1.54) is 19.6 Å². The molecule has 0 aliphatic carbocycles. The van der Waals surface area contributed by atoms with Gasteiger partial charge in [0, 0.05) is 137 Å². The van der Waals surface area contributed by atoms with Crippen molar-refractivity contribution in [2.45, 2.75) is 158 Å². The molecular weight excluding hydrogens is 1360 g/mol. The van der Waals surface area contributed by atoms with E-state index in [9.17, 15) is 38.4 Å². The van der Waals surface area contributed by atoms with Gasteiger partial charge in [-0.15, -0.1) is 0 Å². The zero-order valence-corrected chi connectivity index (χ0v) is 61.1. The van der Waals surface area contributed by atoms with Gasteiger partial charge < -0.3 is 0 Å². The maximum Gasteiger partial charge on any atom is 0.261 e. The molecule has 4 aliphatic heterocycles. The van der Waals surface area contributed by atoms with Crippen LogP contribution >= 0.6 is 69.6 Å². The molecule has 18 heteroatoms. The first kappa shape index (κ1) is 69.6. The Labute approximate surface area is 600 Å². The van der Waals surface area contributed by atoms with E-state index in [0.717, 1.165) is 119 Å². The number of nitrogens with zero attached hydrogens (tertiary/aromatic N) is 4. The van der Waals surface area contributed by atoms with Crippen LogP contribution in [-0.2, 0) is 0 Å². The Balaban J connectivity index is 0.000000177. The first-order chi connectivity index (χ1) is 47.1. The lowest BCUT2D eigenvalue weighted by Crippen LogP contribution is -2.43. The molecule has 12 nitrogen and oxygen atoms in total. The molecule has 0 bridgehead atoms. The fraction of sp³-hybridized carbons (Fsp3) is 0.400. The standard InChI is InChI=1S/C40H38Cl4N2O4.C40H40Cl2N2O4/c1-5-9-11-19(7-3)17-45-37(47)21-13-25(41)31-33-27(43)15-23-30-24(40(50)46(39(23)49)18-20(8-4)12-10-6-2)16-28(44)34(36(30)33)32-26(42)14-22(38(45)48)29(21)35(31)32;1-5-9-11-21(7-3)19-43-37(45)25-15-13-23-31-24(14-16-26(32(25)31)38(43)46)35-30(42)18-28-33-27(17-29(41)34(23)36(33)35)39(47)44(40(28)48)20-22(8-4)12-10-6-2/h13-16,19-20H,5-12,17-18H2,1-4H3;13-18,21-22H,5-12,19-20H2,1-4H3. The summed E-state index contributed by atoms with van der Waals surface area (Å²) >= 11 is 42.7. The van der Waals surface area contributed by atoms with E-state index in [4.69, 9.17) is 69.6 Å². The van der Waals surface area contributed by atoms with Gasteiger partial charge in [-0.05, 0) is 114 Å². The minimum absolute atomic E-state index is 0.165. The van der Waals surface area contributed by atoms with E-state index in [0.29, 0.717) is 151 Å². The van der Waals surface area contributed by atoms with Gasteiger partial charge in [0.2, 0.25) is 0 Å². The van der Waals surface area contributed by atoms with Crippen LogP contribution in [0, 0.1) is 23.7 Å². The number of halogens is 6. The predicted octanol–water partition coefficient (Wildman–Crippen LogP) is 22.6. The number of rotatable bonds is 24. The predicted molar refractivity (Wildman–Crippen MR) is 400 cm³/mol. The van der Waals surface area contributed by atoms with Gasteiger partial charge in [-0.2, -0.15) is 0 Å². The third kappa shape index (κ3) is 11.0. The molecule has 4 heterocycles. The van der Waals surface area contributed by atoms with Crippen LogP contribution in [0.5, 0.6) is 0 Å². The third-order valence-corrected chi connectivity index (χ3v) is 23.7. The molecule has 4 atom stereocenters. The topological polar surface area (TPSA) is 150 Å². The smallest absolute Gasteiger partial charge is 0.261 e. The molecule has 0 aromatic heterocycles. The van der Waals surface area contributed by atoms with Crippen molar-refractivity contribution in [2.75, 3.05) is 26.2 Å². The number of unbranched alkanes of at least 4 members (excludes halogenated alkanes) is 4. The van der Waals surface area contributed by atoms with Crippen molar-refractivity contribution in [3.05, 3.63) is 135 Å². The highest BCUT2D eigenvalue weighted by Crippen LogP contribution is 2.55. The molecule has 0 fully saturated rings. The molecule has 98 heavy (non-hydrogen) atoms. The monoisotopic (exact) mass is 1430 g/mol. The Morgan fingerprint density at radius 3 is 0.684 bits per heavy atom. The lowest BCUT2D eigenvalue weighted by Gasteiger charge is -2.33. The second-order valence-corrected chi connectivity index (χ2v) is 30.0. The number of imide groups is 4. The van der Waals surface area contributed by atoms with Crippen LogP contribution in [0.2, 0.25) is 30.1 Å². The summed E-state index contributed by atoms with van der Waals surface area (Å²) in [6.45, 7) is 18.2. The summed E-state index contributed by atoms with van der Waals surface area (Å²) in [6, 6.07) is 17.1. The van der Waals surface area contributed by atoms with E-state index in [1.807, 2.05) is 12.1 Å². The van der Waals surface area contributed by atoms with Crippen LogP contribution in [-0.4, -0.2) is 93.0 Å². The fourth-order valence-electron chi connectivity index (χ4n) is 16.4. The normalized spacial score (nSPS) is 16.0. The van der Waals surface area contributed by atoms with Crippen LogP contribution in [0.3, 0.4) is 0 Å². The van der Waals surface area contributed by atoms with Crippen molar-refractivity contribution in [2.24, 2.45) is 23.7 Å². The molecule has 14 rings (SSSR count). The molecular formula is C80H78Cl6N4O8. The van der Waals surface area contributed by atoms with Gasteiger partial charge in [-0.3, -0.25) is 58.0 Å². The van der Waals surface area contributed by atoms with Crippen LogP contribution < -0.4 is 0 Å². The van der Waals surface area contributed by atoms with Crippen molar-refractivity contribution in [3.8, 4) is 0 Å². The highest BCUT2D eigenvalue weighted by atomic mass is 35.5. The van der Waals surface area contributed by atoms with Gasteiger partial charge in [0.15, 0.2) is 0 Å². The van der Waals surface area contributed by atoms with E-state index in [-0.39, 0.29) is 67.4 Å². The highest BCUT2D eigenvalue weighted by Gasteiger charge is 2.43. The molecule has 0 spiro atoms. The van der Waals surface area contributed by atoms with Crippen molar-refractivity contribution in [1.82, 2.24) is 19.6 Å². The summed E-state index contributed by atoms with van der Waals surface area (Å²) in [4.78, 5) is 118. The molecule has 0 saturated carbocycles. The van der Waals surface area contributed by atoms with Crippen LogP contribution in [0.1, 0.15) is 241 Å². The molecule has 10 aromatic carbocycles. The van der Waals surface area contributed by atoms with Gasteiger partial charge in [0.25, 0.3) is 47.3 Å². The number of amides is 8. The lowest BCUT2D eigenvalue weighted by atomic mass is 9.81. The molecule has 4 aliphatic rings. The summed E-state index contributed by atoms with van der Waals surface area (Å²) in [5.41, 5.74) is 2.97. The van der Waals surface area contributed by atoms with Gasteiger partial charge in [0.05, 0.1) is 33.4 Å². The van der Waals surface area contributed by atoms with E-state index >= 15 is 0 Å². The van der Waals surface area contributed by atoms with E-state index < -0.39 is 23.6 Å². The van der Waals surface area contributed by atoms with E-state index in [1.54, 1.807) is 48.5 Å². The molecule has 0 radical (unpaired) electrons. The quantitative estimate of drug-likeness (QED) is 0.0330. The fourth-order valence-corrected chi connectivity index (χ4v) is 18.2. The lowest BCUT2D eigenvalue weighted by molar-refractivity contribution is 0.0565. The number of hydrogen-bond acceptors (Lipinski definition) is 8. The number of fused-ring (bicyclic) bond motifs is 4. The molecule has 508 valence electrons. The minimum Gasteiger partial charge on any atom is -0.274 e. The zero-order valence-electron chi connectivity index (χ0n) is 56.5. The Kier molecular flexibility index (Phi) is 19.6. The summed E-state index contributed by atoms with van der Waals surface area (Å²) in [6.07, 6.45) is 15.4. The maximum absolute atomic E-state index is 14.2. The molecule has 10 aromatic rings. The molecule has 4 unspecified atom stereocenters. The van der Waals surface area contributed by atoms with Crippen LogP contribution in [0.15, 0.2) is 60.7 Å². The van der Waals surface area contributed by atoms with Crippen molar-refractivity contribution < 1.29 is 38.4 Å². The van der Waals surface area contributed by atoms with E-state index in [2.05, 4.69) is 55.4 Å². The van der Waals surface area contributed by atoms with Crippen molar-refractivity contribution >= 4 is 203 Å². The van der Waals surface area contributed by atoms with Gasteiger partial charge in [-0.25, -0.2) is 0 Å². The minimum atomic E-state index is -0.409. The molecule has 8 amide bonds. The zero-order chi connectivity index (χ0) is 69.8. The van der Waals surface area contributed by atoms with Crippen LogP contribution in [0.25, 0.3) is 86.2 Å². The Bertz CT molecular complexity index is 4670. The summed E-state index contributed by atoms with van der Waals surface area (Å²) < 4.78 is 0. The Morgan fingerprint density at radius 2 is 0.459 bits per heavy atom.